The van der Waals surface area contributed by atoms with Gasteiger partial charge in [0, 0.05) is 19.1 Å². The smallest absolute Gasteiger partial charge is 0.314 e. The van der Waals surface area contributed by atoms with Crippen molar-refractivity contribution in [2.45, 2.75) is 52.5 Å². The van der Waals surface area contributed by atoms with E-state index in [-0.39, 0.29) is 6.03 Å². The van der Waals surface area contributed by atoms with Gasteiger partial charge in [0.2, 0.25) is 0 Å². The van der Waals surface area contributed by atoms with E-state index >= 15 is 0 Å². The lowest BCUT2D eigenvalue weighted by molar-refractivity contribution is 0.145. The minimum absolute atomic E-state index is 0.0272. The summed E-state index contributed by atoms with van der Waals surface area (Å²) in [5, 5.41) is 5.84. The van der Waals surface area contributed by atoms with Crippen molar-refractivity contribution in [2.24, 2.45) is 5.92 Å². The molecule has 1 heterocycles. The fourth-order valence-corrected chi connectivity index (χ4v) is 2.28. The van der Waals surface area contributed by atoms with Crippen LogP contribution < -0.4 is 10.6 Å². The van der Waals surface area contributed by atoms with Crippen molar-refractivity contribution in [1.82, 2.24) is 15.5 Å². The first kappa shape index (κ1) is 15.3. The topological polar surface area (TPSA) is 44.4 Å². The maximum absolute atomic E-state index is 11.5. The zero-order valence-electron chi connectivity index (χ0n) is 12.2. The predicted octanol–water partition coefficient (Wildman–Crippen LogP) is 2.21. The molecule has 1 rings (SSSR count). The molecule has 4 nitrogen and oxygen atoms in total. The third kappa shape index (κ3) is 5.71. The van der Waals surface area contributed by atoms with Crippen LogP contribution in [0.3, 0.4) is 0 Å². The minimum atomic E-state index is -0.0272. The SMILES string of the molecule is CCCCNC(=O)NCC(C)N1CCC(C)CC1. The van der Waals surface area contributed by atoms with Crippen LogP contribution in [0.4, 0.5) is 4.79 Å². The molecule has 1 aliphatic rings. The van der Waals surface area contributed by atoms with E-state index in [1.165, 1.54) is 25.9 Å². The van der Waals surface area contributed by atoms with Crippen molar-refractivity contribution in [3.63, 3.8) is 0 Å². The molecule has 0 radical (unpaired) electrons. The first-order valence-corrected chi connectivity index (χ1v) is 7.39. The summed E-state index contributed by atoms with van der Waals surface area (Å²) in [4.78, 5) is 14.0. The summed E-state index contributed by atoms with van der Waals surface area (Å²) >= 11 is 0. The van der Waals surface area contributed by atoms with E-state index in [2.05, 4.69) is 36.3 Å². The van der Waals surface area contributed by atoms with Gasteiger partial charge in [0.15, 0.2) is 0 Å². The number of nitrogens with zero attached hydrogens (tertiary/aromatic N) is 1. The van der Waals surface area contributed by atoms with E-state index in [0.717, 1.165) is 31.8 Å². The van der Waals surface area contributed by atoms with Crippen molar-refractivity contribution in [3.8, 4) is 0 Å². The molecule has 0 saturated carbocycles. The van der Waals surface area contributed by atoms with E-state index in [0.29, 0.717) is 6.04 Å². The molecule has 1 aliphatic heterocycles. The van der Waals surface area contributed by atoms with Crippen LogP contribution in [0.15, 0.2) is 0 Å². The van der Waals surface area contributed by atoms with E-state index in [4.69, 9.17) is 0 Å². The predicted molar refractivity (Wildman–Crippen MR) is 75.7 cm³/mol. The van der Waals surface area contributed by atoms with Crippen LogP contribution in [0, 0.1) is 5.92 Å². The number of carbonyl (C=O) groups excluding carboxylic acids is 1. The summed E-state index contributed by atoms with van der Waals surface area (Å²) in [6.45, 7) is 10.5. The van der Waals surface area contributed by atoms with E-state index < -0.39 is 0 Å². The highest BCUT2D eigenvalue weighted by Crippen LogP contribution is 2.17. The highest BCUT2D eigenvalue weighted by atomic mass is 16.2. The maximum atomic E-state index is 11.5. The van der Waals surface area contributed by atoms with E-state index in [1.54, 1.807) is 0 Å². The summed E-state index contributed by atoms with van der Waals surface area (Å²) < 4.78 is 0. The van der Waals surface area contributed by atoms with Crippen molar-refractivity contribution in [2.75, 3.05) is 26.2 Å². The fraction of sp³-hybridized carbons (Fsp3) is 0.929. The van der Waals surface area contributed by atoms with Crippen molar-refractivity contribution < 1.29 is 4.79 Å². The van der Waals surface area contributed by atoms with Gasteiger partial charge in [0.25, 0.3) is 0 Å². The van der Waals surface area contributed by atoms with Crippen LogP contribution >= 0.6 is 0 Å². The van der Waals surface area contributed by atoms with Crippen molar-refractivity contribution in [3.05, 3.63) is 0 Å². The Hall–Kier alpha value is -0.770. The molecular formula is C14H29N3O. The number of piperidine rings is 1. The van der Waals surface area contributed by atoms with Crippen LogP contribution in [0.2, 0.25) is 0 Å². The fourth-order valence-electron chi connectivity index (χ4n) is 2.28. The molecule has 4 heteroatoms. The second kappa shape index (κ2) is 8.35. The molecule has 0 bridgehead atoms. The number of carbonyl (C=O) groups is 1. The van der Waals surface area contributed by atoms with Crippen LogP contribution in [0.1, 0.15) is 46.5 Å². The van der Waals surface area contributed by atoms with Crippen LogP contribution in [-0.2, 0) is 0 Å². The van der Waals surface area contributed by atoms with Gasteiger partial charge < -0.3 is 10.6 Å². The van der Waals surface area contributed by atoms with Crippen LogP contribution in [0.25, 0.3) is 0 Å². The molecule has 0 spiro atoms. The first-order chi connectivity index (χ1) is 8.63. The average molecular weight is 255 g/mol. The molecule has 1 saturated heterocycles. The third-order valence-electron chi connectivity index (χ3n) is 3.82. The van der Waals surface area contributed by atoms with Gasteiger partial charge in [-0.1, -0.05) is 20.3 Å². The number of rotatable bonds is 6. The van der Waals surface area contributed by atoms with Gasteiger partial charge in [-0.15, -0.1) is 0 Å². The van der Waals surface area contributed by atoms with Gasteiger partial charge in [-0.05, 0) is 45.2 Å². The van der Waals surface area contributed by atoms with Gasteiger partial charge in [-0.3, -0.25) is 4.90 Å². The molecule has 2 N–H and O–H groups in total. The quantitative estimate of drug-likeness (QED) is 0.715. The van der Waals surface area contributed by atoms with Gasteiger partial charge >= 0.3 is 6.03 Å². The maximum Gasteiger partial charge on any atom is 0.314 e. The molecule has 0 aromatic rings. The first-order valence-electron chi connectivity index (χ1n) is 7.39. The second-order valence-corrected chi connectivity index (χ2v) is 5.56. The number of amides is 2. The highest BCUT2D eigenvalue weighted by molar-refractivity contribution is 5.73. The number of hydrogen-bond acceptors (Lipinski definition) is 2. The molecule has 1 unspecified atom stereocenters. The Balaban J connectivity index is 2.12. The lowest BCUT2D eigenvalue weighted by Crippen LogP contribution is -2.47. The van der Waals surface area contributed by atoms with Gasteiger partial charge in [0.1, 0.15) is 0 Å². The summed E-state index contributed by atoms with van der Waals surface area (Å²) in [6, 6.07) is 0.412. The monoisotopic (exact) mass is 255 g/mol. The lowest BCUT2D eigenvalue weighted by Gasteiger charge is -2.34. The Bertz CT molecular complexity index is 237. The lowest BCUT2D eigenvalue weighted by atomic mass is 9.98. The van der Waals surface area contributed by atoms with Crippen molar-refractivity contribution in [1.29, 1.82) is 0 Å². The Labute approximate surface area is 111 Å². The highest BCUT2D eigenvalue weighted by Gasteiger charge is 2.20. The Morgan fingerprint density at radius 3 is 2.61 bits per heavy atom. The zero-order chi connectivity index (χ0) is 13.4. The van der Waals surface area contributed by atoms with Gasteiger partial charge in [-0.25, -0.2) is 4.79 Å². The normalized spacial score (nSPS) is 19.5. The van der Waals surface area contributed by atoms with Gasteiger partial charge in [0.05, 0.1) is 0 Å². The molecular weight excluding hydrogens is 226 g/mol. The van der Waals surface area contributed by atoms with Crippen LogP contribution in [0.5, 0.6) is 0 Å². The number of likely N-dealkylation sites (tertiary alicyclic amines) is 1. The van der Waals surface area contributed by atoms with Crippen LogP contribution in [-0.4, -0.2) is 43.2 Å². The molecule has 18 heavy (non-hydrogen) atoms. The summed E-state index contributed by atoms with van der Waals surface area (Å²) in [7, 11) is 0. The standard InChI is InChI=1S/C14H29N3O/c1-4-5-8-15-14(18)16-11-13(3)17-9-6-12(2)7-10-17/h12-13H,4-11H2,1-3H3,(H2,15,16,18). The zero-order valence-corrected chi connectivity index (χ0v) is 12.2. The minimum Gasteiger partial charge on any atom is -0.338 e. The number of urea groups is 1. The summed E-state index contributed by atoms with van der Waals surface area (Å²) in [5.41, 5.74) is 0. The Morgan fingerprint density at radius 1 is 1.33 bits per heavy atom. The molecule has 0 aromatic carbocycles. The largest absolute Gasteiger partial charge is 0.338 e. The number of unbranched alkanes of at least 4 members (excludes halogenated alkanes) is 1. The molecule has 1 fully saturated rings. The molecule has 0 aliphatic carbocycles. The molecule has 1 atom stereocenters. The second-order valence-electron chi connectivity index (χ2n) is 5.56. The molecule has 0 aromatic heterocycles. The van der Waals surface area contributed by atoms with E-state index in [1.807, 2.05) is 0 Å². The molecule has 2 amide bonds. The summed E-state index contributed by atoms with van der Waals surface area (Å²) in [5.74, 6) is 0.860. The third-order valence-corrected chi connectivity index (χ3v) is 3.82. The Kier molecular flexibility index (Phi) is 7.09. The molecule has 106 valence electrons. The average Bonchev–Trinajstić information content (AvgIpc) is 2.37. The summed E-state index contributed by atoms with van der Waals surface area (Å²) in [6.07, 6.45) is 4.73. The van der Waals surface area contributed by atoms with Crippen molar-refractivity contribution >= 4 is 6.03 Å². The van der Waals surface area contributed by atoms with E-state index in [9.17, 15) is 4.79 Å². The number of nitrogens with one attached hydrogen (secondary N) is 2. The Morgan fingerprint density at radius 2 is 2.00 bits per heavy atom. The van der Waals surface area contributed by atoms with Gasteiger partial charge in [-0.2, -0.15) is 0 Å². The number of hydrogen-bond donors (Lipinski definition) is 2.